The van der Waals surface area contributed by atoms with Crippen LogP contribution in [-0.2, 0) is 4.74 Å². The number of benzene rings is 1. The quantitative estimate of drug-likeness (QED) is 0.280. The maximum atomic E-state index is 10.1. The Kier molecular flexibility index (Phi) is 9.53. The first-order valence-corrected chi connectivity index (χ1v) is 12.4. The van der Waals surface area contributed by atoms with Gasteiger partial charge in [-0.2, -0.15) is 5.26 Å². The highest BCUT2D eigenvalue weighted by atomic mass is 16.7. The van der Waals surface area contributed by atoms with E-state index in [4.69, 9.17) is 9.47 Å². The zero-order chi connectivity index (χ0) is 21.2. The minimum Gasteiger partial charge on any atom is -0.468 e. The molecule has 2 aliphatic carbocycles. The Balaban J connectivity index is 1.50. The average Bonchev–Trinajstić information content (AvgIpc) is 2.79. The highest BCUT2D eigenvalue weighted by Gasteiger charge is 2.42. The molecule has 5 atom stereocenters. The van der Waals surface area contributed by atoms with Crippen molar-refractivity contribution in [2.75, 3.05) is 13.9 Å². The Morgan fingerprint density at radius 2 is 1.73 bits per heavy atom. The van der Waals surface area contributed by atoms with Crippen LogP contribution < -0.4 is 4.74 Å². The van der Waals surface area contributed by atoms with Gasteiger partial charge in [0, 0.05) is 7.11 Å². The van der Waals surface area contributed by atoms with Crippen molar-refractivity contribution in [1.29, 1.82) is 5.26 Å². The van der Waals surface area contributed by atoms with E-state index in [1.165, 1.54) is 76.2 Å². The molecule has 2 aliphatic rings. The van der Waals surface area contributed by atoms with Gasteiger partial charge in [-0.05, 0) is 67.1 Å². The van der Waals surface area contributed by atoms with Crippen LogP contribution in [0.25, 0.3) is 0 Å². The molecule has 3 nitrogen and oxygen atoms in total. The molecule has 166 valence electrons. The van der Waals surface area contributed by atoms with Gasteiger partial charge in [0.1, 0.15) is 5.75 Å². The predicted molar refractivity (Wildman–Crippen MR) is 122 cm³/mol. The summed E-state index contributed by atoms with van der Waals surface area (Å²) in [5.41, 5.74) is 1.30. The molecule has 0 aliphatic heterocycles. The van der Waals surface area contributed by atoms with Crippen molar-refractivity contribution in [1.82, 2.24) is 0 Å². The summed E-state index contributed by atoms with van der Waals surface area (Å²) in [5, 5.41) is 10.1. The molecule has 0 aromatic heterocycles. The number of nitriles is 1. The van der Waals surface area contributed by atoms with Gasteiger partial charge in [-0.1, -0.05) is 70.4 Å². The van der Waals surface area contributed by atoms with Crippen molar-refractivity contribution in [2.24, 2.45) is 23.7 Å². The Morgan fingerprint density at radius 1 is 0.967 bits per heavy atom. The molecular weight excluding hydrogens is 370 g/mol. The van der Waals surface area contributed by atoms with Crippen LogP contribution in [-0.4, -0.2) is 13.9 Å². The van der Waals surface area contributed by atoms with E-state index >= 15 is 0 Å². The van der Waals surface area contributed by atoms with E-state index < -0.39 is 0 Å². The van der Waals surface area contributed by atoms with Crippen molar-refractivity contribution < 1.29 is 9.47 Å². The normalized spacial score (nSPS) is 28.5. The molecule has 1 aromatic rings. The molecule has 0 N–H and O–H groups in total. The molecule has 5 unspecified atom stereocenters. The zero-order valence-electron chi connectivity index (χ0n) is 19.2. The molecule has 3 heteroatoms. The molecular formula is C27H41NO2. The number of rotatable bonds is 11. The molecule has 0 saturated heterocycles. The Bertz CT molecular complexity index is 650. The summed E-state index contributed by atoms with van der Waals surface area (Å²) in [7, 11) is 1.63. The Morgan fingerprint density at radius 3 is 2.47 bits per heavy atom. The lowest BCUT2D eigenvalue weighted by molar-refractivity contribution is 0.0510. The van der Waals surface area contributed by atoms with Crippen molar-refractivity contribution in [3.05, 3.63) is 29.8 Å². The second kappa shape index (κ2) is 12.4. The molecule has 30 heavy (non-hydrogen) atoms. The fourth-order valence-electron chi connectivity index (χ4n) is 6.03. The first-order valence-electron chi connectivity index (χ1n) is 12.4. The topological polar surface area (TPSA) is 42.2 Å². The number of ether oxygens (including phenoxy) is 2. The summed E-state index contributed by atoms with van der Waals surface area (Å²) >= 11 is 0. The lowest BCUT2D eigenvalue weighted by atomic mass is 9.58. The second-order valence-electron chi connectivity index (χ2n) is 9.62. The van der Waals surface area contributed by atoms with Crippen LogP contribution in [0.1, 0.15) is 95.5 Å². The van der Waals surface area contributed by atoms with E-state index in [9.17, 15) is 5.26 Å². The van der Waals surface area contributed by atoms with E-state index in [0.717, 1.165) is 24.0 Å². The van der Waals surface area contributed by atoms with Crippen molar-refractivity contribution in [2.45, 2.75) is 89.9 Å². The first-order chi connectivity index (χ1) is 14.8. The number of hydrogen-bond acceptors (Lipinski definition) is 3. The van der Waals surface area contributed by atoms with E-state index in [2.05, 4.69) is 25.1 Å². The van der Waals surface area contributed by atoms with Gasteiger partial charge in [0.15, 0.2) is 6.79 Å². The van der Waals surface area contributed by atoms with Crippen LogP contribution in [0.2, 0.25) is 0 Å². The summed E-state index contributed by atoms with van der Waals surface area (Å²) in [4.78, 5) is 0. The molecule has 0 amide bonds. The van der Waals surface area contributed by atoms with Gasteiger partial charge in [-0.3, -0.25) is 0 Å². The van der Waals surface area contributed by atoms with Crippen molar-refractivity contribution in [3.8, 4) is 11.8 Å². The van der Waals surface area contributed by atoms with Crippen LogP contribution in [0.15, 0.2) is 24.3 Å². The van der Waals surface area contributed by atoms with Gasteiger partial charge in [0.25, 0.3) is 0 Å². The summed E-state index contributed by atoms with van der Waals surface area (Å²) in [5.74, 6) is 3.66. The van der Waals surface area contributed by atoms with Crippen LogP contribution in [0.4, 0.5) is 0 Å². The number of fused-ring (bicyclic) bond motifs is 1. The minimum atomic E-state index is 0.171. The third kappa shape index (κ3) is 6.24. The maximum Gasteiger partial charge on any atom is 0.188 e. The van der Waals surface area contributed by atoms with E-state index in [1.54, 1.807) is 7.11 Å². The molecule has 2 fully saturated rings. The van der Waals surface area contributed by atoms with Gasteiger partial charge in [0.05, 0.1) is 12.0 Å². The summed E-state index contributed by atoms with van der Waals surface area (Å²) in [6, 6.07) is 11.1. The smallest absolute Gasteiger partial charge is 0.188 e. The molecule has 3 rings (SSSR count). The predicted octanol–water partition coefficient (Wildman–Crippen LogP) is 7.47. The largest absolute Gasteiger partial charge is 0.468 e. The Hall–Kier alpha value is -1.53. The molecule has 0 spiro atoms. The number of methoxy groups -OCH3 is 1. The summed E-state index contributed by atoms with van der Waals surface area (Å²) < 4.78 is 10.5. The summed E-state index contributed by atoms with van der Waals surface area (Å²) in [6.07, 6.45) is 16.2. The molecule has 0 radical (unpaired) electrons. The molecule has 0 bridgehead atoms. The van der Waals surface area contributed by atoms with Crippen LogP contribution in [0.5, 0.6) is 5.75 Å². The lowest BCUT2D eigenvalue weighted by Gasteiger charge is -2.45. The van der Waals surface area contributed by atoms with Crippen LogP contribution in [0, 0.1) is 35.0 Å². The fourth-order valence-corrected chi connectivity index (χ4v) is 6.03. The second-order valence-corrected chi connectivity index (χ2v) is 9.62. The minimum absolute atomic E-state index is 0.171. The van der Waals surface area contributed by atoms with Crippen molar-refractivity contribution in [3.63, 3.8) is 0 Å². The van der Waals surface area contributed by atoms with Gasteiger partial charge >= 0.3 is 0 Å². The first kappa shape index (κ1) is 23.1. The highest BCUT2D eigenvalue weighted by Crippen LogP contribution is 2.51. The van der Waals surface area contributed by atoms with Gasteiger partial charge in [-0.15, -0.1) is 0 Å². The van der Waals surface area contributed by atoms with Gasteiger partial charge < -0.3 is 9.47 Å². The standard InChI is InChI=1S/C27H41NO2/c1-3-4-5-6-7-8-9-21-10-16-26-23(18-21)13-17-25(27(26)19-28)22-11-14-24(15-12-22)30-20-29-2/h11-12,14-15,21,23,25-27H,3-10,13,16-18,20H2,1-2H3. The third-order valence-corrected chi connectivity index (χ3v) is 7.66. The van der Waals surface area contributed by atoms with Gasteiger partial charge in [0.2, 0.25) is 0 Å². The zero-order valence-corrected chi connectivity index (χ0v) is 19.2. The monoisotopic (exact) mass is 411 g/mol. The molecule has 2 saturated carbocycles. The van der Waals surface area contributed by atoms with Gasteiger partial charge in [-0.25, -0.2) is 0 Å². The van der Waals surface area contributed by atoms with Crippen LogP contribution in [0.3, 0.4) is 0 Å². The van der Waals surface area contributed by atoms with Crippen LogP contribution >= 0.6 is 0 Å². The number of hydrogen-bond donors (Lipinski definition) is 0. The summed E-state index contributed by atoms with van der Waals surface area (Å²) in [6.45, 7) is 2.56. The average molecular weight is 412 g/mol. The number of unbranched alkanes of at least 4 members (excludes halogenated alkanes) is 5. The third-order valence-electron chi connectivity index (χ3n) is 7.66. The molecule has 0 heterocycles. The fraction of sp³-hybridized carbons (Fsp3) is 0.741. The Labute approximate surface area is 184 Å². The van der Waals surface area contributed by atoms with E-state index in [0.29, 0.717) is 11.8 Å². The highest BCUT2D eigenvalue weighted by molar-refractivity contribution is 5.31. The van der Waals surface area contributed by atoms with E-state index in [-0.39, 0.29) is 12.7 Å². The maximum absolute atomic E-state index is 10.1. The number of nitrogens with zero attached hydrogens (tertiary/aromatic N) is 1. The molecule has 1 aromatic carbocycles. The van der Waals surface area contributed by atoms with Crippen molar-refractivity contribution >= 4 is 0 Å². The lowest BCUT2D eigenvalue weighted by Crippen LogP contribution is -2.37. The van der Waals surface area contributed by atoms with E-state index in [1.807, 2.05) is 12.1 Å². The SMILES string of the molecule is CCCCCCCCC1CCC2C(CCC(c3ccc(OCOC)cc3)C2C#N)C1.